The molecule has 21 heavy (non-hydrogen) atoms. The molecule has 0 saturated carbocycles. The number of nitrogens with one attached hydrogen (secondary N) is 2. The molecule has 1 unspecified atom stereocenters. The van der Waals surface area contributed by atoms with E-state index in [1.807, 2.05) is 6.92 Å². The van der Waals surface area contributed by atoms with Gasteiger partial charge in [0.15, 0.2) is 6.04 Å². The van der Waals surface area contributed by atoms with Crippen LogP contribution in [-0.2, 0) is 4.79 Å². The lowest BCUT2D eigenvalue weighted by molar-refractivity contribution is -0.139. The van der Waals surface area contributed by atoms with Gasteiger partial charge in [-0.15, -0.1) is 0 Å². The molecule has 1 aromatic rings. The smallest absolute Gasteiger partial charge is 0.330 e. The van der Waals surface area contributed by atoms with Crippen molar-refractivity contribution in [2.75, 3.05) is 0 Å². The molecule has 3 N–H and O–H groups in total. The molecule has 0 aromatic heterocycles. The number of carboxylic acid groups (broad SMARTS) is 1. The summed E-state index contributed by atoms with van der Waals surface area (Å²) in [5.74, 6) is -0.692. The molecule has 5 nitrogen and oxygen atoms in total. The predicted octanol–water partition coefficient (Wildman–Crippen LogP) is 2.94. The average molecular weight is 292 g/mol. The van der Waals surface area contributed by atoms with Gasteiger partial charge in [0.2, 0.25) is 0 Å². The molecule has 0 spiro atoms. The first-order valence-electron chi connectivity index (χ1n) is 7.34. The lowest BCUT2D eigenvalue weighted by Gasteiger charge is -2.24. The topological polar surface area (TPSA) is 78.4 Å². The maximum atomic E-state index is 12.0. The molecular formula is C16H24N2O3. The Morgan fingerprint density at radius 3 is 2.14 bits per heavy atom. The minimum atomic E-state index is -1.08. The first-order chi connectivity index (χ1) is 9.99. The summed E-state index contributed by atoms with van der Waals surface area (Å²) in [5, 5.41) is 14.6. The van der Waals surface area contributed by atoms with Crippen LogP contribution in [0.1, 0.15) is 45.2 Å². The highest BCUT2D eigenvalue weighted by molar-refractivity contribution is 5.83. The summed E-state index contributed by atoms with van der Waals surface area (Å²) in [7, 11) is 0. The Labute approximate surface area is 125 Å². The molecule has 0 bridgehead atoms. The first kappa shape index (κ1) is 17.0. The Balaban J connectivity index is 2.68. The molecule has 0 aliphatic carbocycles. The van der Waals surface area contributed by atoms with Gasteiger partial charge in [0.1, 0.15) is 0 Å². The van der Waals surface area contributed by atoms with Crippen molar-refractivity contribution in [3.63, 3.8) is 0 Å². The Hall–Kier alpha value is -2.04. The summed E-state index contributed by atoms with van der Waals surface area (Å²) in [6.45, 7) is 6.10. The summed E-state index contributed by atoms with van der Waals surface area (Å²) in [6, 6.07) is 7.18. The van der Waals surface area contributed by atoms with E-state index in [0.29, 0.717) is 11.5 Å². The van der Waals surface area contributed by atoms with Crippen LogP contribution in [-0.4, -0.2) is 23.1 Å². The van der Waals surface area contributed by atoms with Crippen molar-refractivity contribution in [3.8, 4) is 0 Å². The first-order valence-corrected chi connectivity index (χ1v) is 7.34. The number of benzene rings is 1. The van der Waals surface area contributed by atoms with Crippen LogP contribution in [0.4, 0.5) is 4.79 Å². The minimum Gasteiger partial charge on any atom is -0.479 e. The van der Waals surface area contributed by atoms with Crippen molar-refractivity contribution in [3.05, 3.63) is 35.9 Å². The molecular weight excluding hydrogens is 268 g/mol. The quantitative estimate of drug-likeness (QED) is 0.723. The molecule has 0 aliphatic rings. The summed E-state index contributed by atoms with van der Waals surface area (Å²) < 4.78 is 0. The Morgan fingerprint density at radius 2 is 1.67 bits per heavy atom. The number of carbonyl (C=O) groups excluding carboxylic acids is 1. The minimum absolute atomic E-state index is 0.00483. The Morgan fingerprint density at radius 1 is 1.10 bits per heavy atom. The monoisotopic (exact) mass is 292 g/mol. The molecule has 0 saturated heterocycles. The van der Waals surface area contributed by atoms with E-state index in [1.165, 1.54) is 0 Å². The van der Waals surface area contributed by atoms with Crippen LogP contribution in [0.3, 0.4) is 0 Å². The van der Waals surface area contributed by atoms with E-state index >= 15 is 0 Å². The number of carboxylic acids is 1. The fraction of sp³-hybridized carbons (Fsp3) is 0.500. The van der Waals surface area contributed by atoms with E-state index in [-0.39, 0.29) is 6.04 Å². The van der Waals surface area contributed by atoms with E-state index in [4.69, 9.17) is 0 Å². The van der Waals surface area contributed by atoms with E-state index in [9.17, 15) is 14.7 Å². The fourth-order valence-corrected chi connectivity index (χ4v) is 2.43. The second-order valence-corrected chi connectivity index (χ2v) is 5.16. The molecule has 5 heteroatoms. The normalized spacial score (nSPS) is 13.5. The van der Waals surface area contributed by atoms with Gasteiger partial charge in [-0.3, -0.25) is 0 Å². The summed E-state index contributed by atoms with van der Waals surface area (Å²) >= 11 is 0. The van der Waals surface area contributed by atoms with Crippen molar-refractivity contribution in [2.24, 2.45) is 5.92 Å². The number of aliphatic carboxylic acids is 1. The highest BCUT2D eigenvalue weighted by Crippen LogP contribution is 2.14. The van der Waals surface area contributed by atoms with Crippen LogP contribution in [0.15, 0.2) is 30.3 Å². The third-order valence-corrected chi connectivity index (χ3v) is 3.77. The van der Waals surface area contributed by atoms with Crippen LogP contribution in [0.2, 0.25) is 0 Å². The van der Waals surface area contributed by atoms with Gasteiger partial charge in [-0.25, -0.2) is 9.59 Å². The van der Waals surface area contributed by atoms with Crippen molar-refractivity contribution < 1.29 is 14.7 Å². The van der Waals surface area contributed by atoms with Crippen LogP contribution in [0.5, 0.6) is 0 Å². The second kappa shape index (κ2) is 8.29. The molecule has 0 fully saturated rings. The molecule has 2 atom stereocenters. The number of amides is 2. The van der Waals surface area contributed by atoms with Gasteiger partial charge < -0.3 is 15.7 Å². The van der Waals surface area contributed by atoms with E-state index < -0.39 is 18.0 Å². The van der Waals surface area contributed by atoms with Gasteiger partial charge in [0.25, 0.3) is 0 Å². The van der Waals surface area contributed by atoms with Gasteiger partial charge >= 0.3 is 12.0 Å². The Bertz CT molecular complexity index is 458. The molecule has 1 rings (SSSR count). The summed E-state index contributed by atoms with van der Waals surface area (Å²) in [5.41, 5.74) is 0.551. The molecule has 0 radical (unpaired) electrons. The lowest BCUT2D eigenvalue weighted by Crippen LogP contribution is -2.46. The number of urea groups is 1. The van der Waals surface area contributed by atoms with Gasteiger partial charge in [-0.2, -0.15) is 0 Å². The van der Waals surface area contributed by atoms with Crippen molar-refractivity contribution in [1.82, 2.24) is 10.6 Å². The van der Waals surface area contributed by atoms with Gasteiger partial charge in [-0.1, -0.05) is 57.0 Å². The van der Waals surface area contributed by atoms with E-state index in [1.54, 1.807) is 30.3 Å². The number of rotatable bonds is 7. The van der Waals surface area contributed by atoms with Crippen molar-refractivity contribution in [2.45, 2.75) is 45.7 Å². The average Bonchev–Trinajstić information content (AvgIpc) is 2.46. The van der Waals surface area contributed by atoms with Gasteiger partial charge in [-0.05, 0) is 18.4 Å². The lowest BCUT2D eigenvalue weighted by atomic mass is 9.96. The molecule has 0 heterocycles. The molecule has 1 aromatic carbocycles. The Kier molecular flexibility index (Phi) is 6.72. The summed E-state index contributed by atoms with van der Waals surface area (Å²) in [6.07, 6.45) is 1.94. The third kappa shape index (κ3) is 5.10. The SMILES string of the molecule is CCC(CC)C(C)NC(=O)N[C@@H](C(=O)O)c1ccccc1. The van der Waals surface area contributed by atoms with Gasteiger partial charge in [0.05, 0.1) is 0 Å². The zero-order valence-electron chi connectivity index (χ0n) is 12.8. The van der Waals surface area contributed by atoms with Gasteiger partial charge in [0, 0.05) is 6.04 Å². The van der Waals surface area contributed by atoms with Crippen LogP contribution >= 0.6 is 0 Å². The van der Waals surface area contributed by atoms with Crippen LogP contribution in [0, 0.1) is 5.92 Å². The third-order valence-electron chi connectivity index (χ3n) is 3.77. The van der Waals surface area contributed by atoms with E-state index in [0.717, 1.165) is 12.8 Å². The fourth-order valence-electron chi connectivity index (χ4n) is 2.43. The maximum Gasteiger partial charge on any atom is 0.330 e. The largest absolute Gasteiger partial charge is 0.479 e. The molecule has 2 amide bonds. The molecule has 116 valence electrons. The zero-order chi connectivity index (χ0) is 15.8. The van der Waals surface area contributed by atoms with E-state index in [2.05, 4.69) is 24.5 Å². The van der Waals surface area contributed by atoms with Crippen LogP contribution in [0.25, 0.3) is 0 Å². The predicted molar refractivity (Wildman–Crippen MR) is 82.0 cm³/mol. The number of carbonyl (C=O) groups is 2. The molecule has 0 aliphatic heterocycles. The summed E-state index contributed by atoms with van der Waals surface area (Å²) in [4.78, 5) is 23.3. The second-order valence-electron chi connectivity index (χ2n) is 5.16. The standard InChI is InChI=1S/C16H24N2O3/c1-4-12(5-2)11(3)17-16(21)18-14(15(19)20)13-9-7-6-8-10-13/h6-12,14H,4-5H2,1-3H3,(H,19,20)(H2,17,18,21)/t11?,14-/m1/s1. The highest BCUT2D eigenvalue weighted by Gasteiger charge is 2.23. The highest BCUT2D eigenvalue weighted by atomic mass is 16.4. The zero-order valence-corrected chi connectivity index (χ0v) is 12.8. The van der Waals surface area contributed by atoms with Crippen LogP contribution < -0.4 is 10.6 Å². The maximum absolute atomic E-state index is 12.0. The van der Waals surface area contributed by atoms with Crippen molar-refractivity contribution in [1.29, 1.82) is 0 Å². The van der Waals surface area contributed by atoms with Crippen molar-refractivity contribution >= 4 is 12.0 Å². The number of hydrogen-bond donors (Lipinski definition) is 3. The number of hydrogen-bond acceptors (Lipinski definition) is 2.